The van der Waals surface area contributed by atoms with Crippen LogP contribution < -0.4 is 15.4 Å². The van der Waals surface area contributed by atoms with E-state index in [1.54, 1.807) is 49.4 Å². The van der Waals surface area contributed by atoms with Gasteiger partial charge in [-0.05, 0) is 60.5 Å². The Morgan fingerprint density at radius 3 is 2.16 bits per heavy atom. The zero-order valence-electron chi connectivity index (χ0n) is 20.9. The summed E-state index contributed by atoms with van der Waals surface area (Å²) in [5, 5.41) is 10.2. The van der Waals surface area contributed by atoms with Crippen LogP contribution in [0.1, 0.15) is 17.0 Å². The predicted octanol–water partition coefficient (Wildman–Crippen LogP) is 5.45. The van der Waals surface area contributed by atoms with E-state index in [0.717, 1.165) is 4.47 Å². The highest BCUT2D eigenvalue weighted by molar-refractivity contribution is 9.10. The lowest BCUT2D eigenvalue weighted by Gasteiger charge is -2.36. The number of rotatable bonds is 6. The molecule has 0 spiro atoms. The molecule has 0 saturated heterocycles. The average molecular weight is 574 g/mol. The molecule has 0 fully saturated rings. The number of carbonyl (C=O) groups is 2. The van der Waals surface area contributed by atoms with Gasteiger partial charge < -0.3 is 19.9 Å². The minimum atomic E-state index is -0.931. The summed E-state index contributed by atoms with van der Waals surface area (Å²) < 4.78 is 17.0. The van der Waals surface area contributed by atoms with Crippen LogP contribution in [0.2, 0.25) is 0 Å². The van der Waals surface area contributed by atoms with Gasteiger partial charge in [-0.15, -0.1) is 0 Å². The summed E-state index contributed by atoms with van der Waals surface area (Å²) in [4.78, 5) is 27.8. The van der Waals surface area contributed by atoms with Gasteiger partial charge in [-0.1, -0.05) is 46.3 Å². The molecule has 0 radical (unpaired) electrons. The van der Waals surface area contributed by atoms with Crippen LogP contribution in [0.25, 0.3) is 0 Å². The molecule has 0 aliphatic carbocycles. The van der Waals surface area contributed by atoms with Gasteiger partial charge in [0.05, 0.1) is 43.0 Å². The lowest BCUT2D eigenvalue weighted by atomic mass is 9.80. The lowest BCUT2D eigenvalue weighted by molar-refractivity contribution is -0.139. The van der Waals surface area contributed by atoms with E-state index in [0.29, 0.717) is 28.3 Å². The van der Waals surface area contributed by atoms with Crippen LogP contribution in [0.3, 0.4) is 0 Å². The molecule has 3 aromatic carbocycles. The number of methoxy groups -OCH3 is 2. The number of benzene rings is 3. The molecule has 38 heavy (non-hydrogen) atoms. The van der Waals surface area contributed by atoms with Crippen molar-refractivity contribution in [1.29, 1.82) is 5.26 Å². The fourth-order valence-corrected chi connectivity index (χ4v) is 4.61. The van der Waals surface area contributed by atoms with Gasteiger partial charge >= 0.3 is 11.9 Å². The first-order valence-electron chi connectivity index (χ1n) is 11.5. The largest absolute Gasteiger partial charge is 0.466 e. The molecule has 1 atom stereocenters. The van der Waals surface area contributed by atoms with Crippen molar-refractivity contribution in [2.45, 2.75) is 12.8 Å². The molecule has 1 aliphatic rings. The summed E-state index contributed by atoms with van der Waals surface area (Å²) in [6, 6.07) is 23.6. The van der Waals surface area contributed by atoms with Crippen molar-refractivity contribution in [3.05, 3.63) is 111 Å². The zero-order chi connectivity index (χ0) is 27.4. The highest BCUT2D eigenvalue weighted by Gasteiger charge is 2.43. The second kappa shape index (κ2) is 11.2. The van der Waals surface area contributed by atoms with E-state index in [1.165, 1.54) is 19.1 Å². The Balaban J connectivity index is 1.90. The second-order valence-corrected chi connectivity index (χ2v) is 9.26. The van der Waals surface area contributed by atoms with Gasteiger partial charge in [-0.3, -0.25) is 4.90 Å². The number of anilines is 1. The van der Waals surface area contributed by atoms with E-state index in [4.69, 9.17) is 19.9 Å². The zero-order valence-corrected chi connectivity index (χ0v) is 22.5. The van der Waals surface area contributed by atoms with Gasteiger partial charge in [0, 0.05) is 4.47 Å². The van der Waals surface area contributed by atoms with Crippen molar-refractivity contribution in [3.63, 3.8) is 0 Å². The summed E-state index contributed by atoms with van der Waals surface area (Å²) in [5.74, 6) is -1.33. The van der Waals surface area contributed by atoms with E-state index in [2.05, 4.69) is 22.0 Å². The van der Waals surface area contributed by atoms with Crippen molar-refractivity contribution in [1.82, 2.24) is 0 Å². The lowest BCUT2D eigenvalue weighted by Crippen LogP contribution is -2.41. The number of esters is 2. The van der Waals surface area contributed by atoms with Crippen molar-refractivity contribution in [2.75, 3.05) is 19.1 Å². The Morgan fingerprint density at radius 2 is 1.58 bits per heavy atom. The van der Waals surface area contributed by atoms with Gasteiger partial charge in [0.1, 0.15) is 23.0 Å². The van der Waals surface area contributed by atoms with Crippen LogP contribution in [0, 0.1) is 18.3 Å². The van der Waals surface area contributed by atoms with Crippen LogP contribution in [0.5, 0.6) is 11.5 Å². The third-order valence-corrected chi connectivity index (χ3v) is 6.60. The monoisotopic (exact) mass is 573 g/mol. The number of carbonyl (C=O) groups excluding carboxylic acids is 2. The molecular formula is C29H24BrN3O5. The Hall–Kier alpha value is -4.55. The number of aryl methyl sites for hydroxylation is 1. The van der Waals surface area contributed by atoms with Crippen molar-refractivity contribution in [3.8, 4) is 17.6 Å². The van der Waals surface area contributed by atoms with Crippen LogP contribution in [0.15, 0.2) is 99.9 Å². The number of hydrogen-bond donors (Lipinski definition) is 1. The average Bonchev–Trinajstić information content (AvgIpc) is 2.93. The fraction of sp³-hybridized carbons (Fsp3) is 0.138. The molecule has 3 aromatic rings. The van der Waals surface area contributed by atoms with Gasteiger partial charge in [0.15, 0.2) is 0 Å². The molecule has 0 saturated carbocycles. The molecule has 1 unspecified atom stereocenters. The summed E-state index contributed by atoms with van der Waals surface area (Å²) in [6.45, 7) is 1.80. The smallest absolute Gasteiger partial charge is 0.355 e. The third kappa shape index (κ3) is 4.99. The molecule has 0 amide bonds. The van der Waals surface area contributed by atoms with E-state index < -0.39 is 17.9 Å². The Morgan fingerprint density at radius 1 is 0.947 bits per heavy atom. The SMILES string of the molecule is COC(=O)C1=C(C(=O)OC)N(c2ccc(Oc3ccc(Br)cc3)cc2C)C(N)=C(C#N)C1c1ccccc1. The Labute approximate surface area is 228 Å². The van der Waals surface area contributed by atoms with Gasteiger partial charge in [0.25, 0.3) is 0 Å². The molecule has 0 bridgehead atoms. The number of hydrogen-bond acceptors (Lipinski definition) is 8. The molecule has 192 valence electrons. The predicted molar refractivity (Wildman–Crippen MR) is 145 cm³/mol. The first-order chi connectivity index (χ1) is 18.3. The Bertz CT molecular complexity index is 1490. The van der Waals surface area contributed by atoms with Gasteiger partial charge in [-0.2, -0.15) is 5.26 Å². The minimum Gasteiger partial charge on any atom is -0.466 e. The van der Waals surface area contributed by atoms with Crippen LogP contribution in [-0.4, -0.2) is 26.2 Å². The number of halogens is 1. The quantitative estimate of drug-likeness (QED) is 0.387. The first-order valence-corrected chi connectivity index (χ1v) is 12.3. The molecule has 1 heterocycles. The van der Waals surface area contributed by atoms with Gasteiger partial charge in [0.2, 0.25) is 0 Å². The second-order valence-electron chi connectivity index (χ2n) is 8.34. The number of nitrogens with two attached hydrogens (primary N) is 1. The molecule has 1 aliphatic heterocycles. The van der Waals surface area contributed by atoms with Crippen LogP contribution >= 0.6 is 15.9 Å². The summed E-state index contributed by atoms with van der Waals surface area (Å²) in [7, 11) is 2.42. The molecule has 4 rings (SSSR count). The van der Waals surface area contributed by atoms with Crippen LogP contribution in [0.4, 0.5) is 5.69 Å². The summed E-state index contributed by atoms with van der Waals surface area (Å²) in [6.07, 6.45) is 0. The van der Waals surface area contributed by atoms with Gasteiger partial charge in [-0.25, -0.2) is 9.59 Å². The maximum Gasteiger partial charge on any atom is 0.355 e. The first kappa shape index (κ1) is 26.5. The number of ether oxygens (including phenoxy) is 3. The molecule has 9 heteroatoms. The summed E-state index contributed by atoms with van der Waals surface area (Å²) in [5.41, 5.74) is 8.23. The number of nitrogens with zero attached hydrogens (tertiary/aromatic N) is 2. The highest BCUT2D eigenvalue weighted by atomic mass is 79.9. The van der Waals surface area contributed by atoms with E-state index in [9.17, 15) is 14.9 Å². The maximum absolute atomic E-state index is 13.2. The third-order valence-electron chi connectivity index (χ3n) is 6.07. The van der Waals surface area contributed by atoms with E-state index >= 15 is 0 Å². The topological polar surface area (TPSA) is 115 Å². The van der Waals surface area contributed by atoms with Crippen molar-refractivity contribution >= 4 is 33.6 Å². The van der Waals surface area contributed by atoms with E-state index in [-0.39, 0.29) is 22.7 Å². The standard InChI is InChI=1S/C29H24BrN3O5/c1-17-15-21(38-20-11-9-19(30)10-12-20)13-14-23(17)33-26(29(35)37-3)25(28(34)36-2)24(22(16-31)27(33)32)18-7-5-4-6-8-18/h4-15,24H,32H2,1-3H3. The van der Waals surface area contributed by atoms with E-state index in [1.807, 2.05) is 30.3 Å². The van der Waals surface area contributed by atoms with Crippen molar-refractivity contribution in [2.24, 2.45) is 5.73 Å². The molecule has 8 nitrogen and oxygen atoms in total. The summed E-state index contributed by atoms with van der Waals surface area (Å²) >= 11 is 3.40. The Kier molecular flexibility index (Phi) is 7.84. The molecule has 0 aromatic heterocycles. The number of nitriles is 1. The molecular weight excluding hydrogens is 550 g/mol. The van der Waals surface area contributed by atoms with Crippen LogP contribution in [-0.2, 0) is 19.1 Å². The maximum atomic E-state index is 13.2. The van der Waals surface area contributed by atoms with Crippen molar-refractivity contribution < 1.29 is 23.8 Å². The molecule has 2 N–H and O–H groups in total. The highest BCUT2D eigenvalue weighted by Crippen LogP contribution is 2.44. The number of allylic oxidation sites excluding steroid dienone is 1. The fourth-order valence-electron chi connectivity index (χ4n) is 4.34. The minimum absolute atomic E-state index is 0.000848. The normalized spacial score (nSPS) is 15.1.